The number of nitrogens with one attached hydrogen (secondary N) is 1. The van der Waals surface area contributed by atoms with Gasteiger partial charge in [0.15, 0.2) is 0 Å². The van der Waals surface area contributed by atoms with Crippen molar-refractivity contribution in [2.24, 2.45) is 5.92 Å². The Bertz CT molecular complexity index is 1000. The Morgan fingerprint density at radius 3 is 2.36 bits per heavy atom. The molecule has 1 spiro atoms. The second-order valence-corrected chi connectivity index (χ2v) is 11.2. The summed E-state index contributed by atoms with van der Waals surface area (Å²) in [5, 5.41) is 3.20. The van der Waals surface area contributed by atoms with Gasteiger partial charge >= 0.3 is 6.03 Å². The summed E-state index contributed by atoms with van der Waals surface area (Å²) in [6.45, 7) is 4.72. The van der Waals surface area contributed by atoms with Crippen molar-refractivity contribution < 1.29 is 18.8 Å². The van der Waals surface area contributed by atoms with Crippen molar-refractivity contribution in [1.29, 1.82) is 0 Å². The summed E-state index contributed by atoms with van der Waals surface area (Å²) in [6.07, 6.45) is 6.92. The maximum absolute atomic E-state index is 14.0. The van der Waals surface area contributed by atoms with Gasteiger partial charge in [-0.3, -0.25) is 19.4 Å². The molecule has 36 heavy (non-hydrogen) atoms. The van der Waals surface area contributed by atoms with E-state index in [1.807, 2.05) is 24.8 Å². The minimum Gasteiger partial charge on any atom is -0.349 e. The van der Waals surface area contributed by atoms with Crippen molar-refractivity contribution >= 4 is 30.3 Å². The van der Waals surface area contributed by atoms with Crippen LogP contribution in [-0.4, -0.2) is 69.8 Å². The summed E-state index contributed by atoms with van der Waals surface area (Å²) in [7, 11) is 1.59. The first-order valence-electron chi connectivity index (χ1n) is 13.1. The van der Waals surface area contributed by atoms with E-state index in [4.69, 9.17) is 0 Å². The van der Waals surface area contributed by atoms with Crippen LogP contribution < -0.4 is 5.32 Å². The van der Waals surface area contributed by atoms with E-state index in [9.17, 15) is 18.8 Å². The Morgan fingerprint density at radius 2 is 1.81 bits per heavy atom. The maximum Gasteiger partial charge on any atom is 0.327 e. The second-order valence-electron chi connectivity index (χ2n) is 11.2. The van der Waals surface area contributed by atoms with Crippen LogP contribution in [0.1, 0.15) is 76.8 Å². The number of carbonyl (C=O) groups is 3. The van der Waals surface area contributed by atoms with Gasteiger partial charge in [-0.05, 0) is 76.5 Å². The lowest BCUT2D eigenvalue weighted by molar-refractivity contribution is -0.137. The maximum atomic E-state index is 14.0. The van der Waals surface area contributed by atoms with E-state index in [1.54, 1.807) is 13.1 Å². The van der Waals surface area contributed by atoms with Gasteiger partial charge in [-0.1, -0.05) is 18.6 Å². The zero-order valence-corrected chi connectivity index (χ0v) is 22.2. The first-order valence-corrected chi connectivity index (χ1v) is 13.1. The first-order chi connectivity index (χ1) is 16.7. The topological polar surface area (TPSA) is 73.0 Å². The Labute approximate surface area is 219 Å². The molecule has 1 N–H and O–H groups in total. The third-order valence-corrected chi connectivity index (χ3v) is 8.81. The summed E-state index contributed by atoms with van der Waals surface area (Å²) < 4.78 is 14.0. The van der Waals surface area contributed by atoms with Crippen LogP contribution in [-0.2, 0) is 9.59 Å². The molecule has 2 bridgehead atoms. The molecule has 3 atom stereocenters. The number of imide groups is 1. The molecule has 1 aliphatic carbocycles. The van der Waals surface area contributed by atoms with Crippen LogP contribution >= 0.6 is 12.4 Å². The molecule has 1 aromatic carbocycles. The molecule has 3 saturated heterocycles. The van der Waals surface area contributed by atoms with Crippen molar-refractivity contribution in [3.8, 4) is 0 Å². The van der Waals surface area contributed by atoms with Gasteiger partial charge in [0.25, 0.3) is 5.91 Å². The molecule has 4 amide bonds. The van der Waals surface area contributed by atoms with E-state index >= 15 is 0 Å². The quantitative estimate of drug-likeness (QED) is 0.545. The van der Waals surface area contributed by atoms with Gasteiger partial charge in [-0.25, -0.2) is 9.18 Å². The average molecular weight is 521 g/mol. The van der Waals surface area contributed by atoms with Crippen molar-refractivity contribution in [3.05, 3.63) is 35.6 Å². The summed E-state index contributed by atoms with van der Waals surface area (Å²) in [5.74, 6) is -0.232. The number of hydrogen-bond donors (Lipinski definition) is 1. The number of carbonyl (C=O) groups excluding carboxylic acids is 3. The van der Waals surface area contributed by atoms with E-state index in [1.165, 1.54) is 17.0 Å². The molecular formula is C27H38ClFN4O3. The highest BCUT2D eigenvalue weighted by atomic mass is 35.5. The number of fused-ring (bicyclic) bond motifs is 2. The summed E-state index contributed by atoms with van der Waals surface area (Å²) in [4.78, 5) is 44.5. The predicted molar refractivity (Wildman–Crippen MR) is 137 cm³/mol. The standard InChI is InChI=1S/C27H37FN4O3.ClH/c1-17(2)32-26(35)30(3)25(34)27(32)15-21-10-11-22(16-27)31(21)13-12-23(19-8-5-9-20(28)14-19)29-24(33)18-6-4-7-18;/h5,8-9,14,17-18,21-23H,4,6-7,10-13,15-16H2,1-3H3,(H,29,33);1H/t21?,22?,23-,27?;/m0./s1. The van der Waals surface area contributed by atoms with E-state index in [-0.39, 0.29) is 66.2 Å². The van der Waals surface area contributed by atoms with Crippen LogP contribution in [0.3, 0.4) is 0 Å². The molecule has 9 heteroatoms. The van der Waals surface area contributed by atoms with Crippen LogP contribution in [0, 0.1) is 11.7 Å². The fourth-order valence-corrected chi connectivity index (χ4v) is 6.90. The molecule has 5 rings (SSSR count). The zero-order valence-electron chi connectivity index (χ0n) is 21.4. The number of benzene rings is 1. The fourth-order valence-electron chi connectivity index (χ4n) is 6.90. The first kappa shape index (κ1) is 26.9. The van der Waals surface area contributed by atoms with Gasteiger partial charge < -0.3 is 10.2 Å². The number of rotatable bonds is 7. The fraction of sp³-hybridized carbons (Fsp3) is 0.667. The van der Waals surface area contributed by atoms with E-state index in [0.29, 0.717) is 19.3 Å². The van der Waals surface area contributed by atoms with Crippen LogP contribution in [0.2, 0.25) is 0 Å². The summed E-state index contributed by atoms with van der Waals surface area (Å²) in [5.41, 5.74) is 0.0469. The molecule has 0 radical (unpaired) electrons. The highest BCUT2D eigenvalue weighted by Crippen LogP contribution is 2.48. The van der Waals surface area contributed by atoms with Gasteiger partial charge in [0.05, 0.1) is 6.04 Å². The highest BCUT2D eigenvalue weighted by molar-refractivity contribution is 6.07. The number of urea groups is 1. The molecule has 198 valence electrons. The Morgan fingerprint density at radius 1 is 1.14 bits per heavy atom. The average Bonchev–Trinajstić information content (AvgIpc) is 3.11. The molecule has 0 aromatic heterocycles. The van der Waals surface area contributed by atoms with E-state index < -0.39 is 5.54 Å². The molecule has 4 fully saturated rings. The van der Waals surface area contributed by atoms with Crippen molar-refractivity contribution in [2.45, 2.75) is 94.9 Å². The number of halogens is 2. The highest BCUT2D eigenvalue weighted by Gasteiger charge is 2.62. The Balaban J connectivity index is 0.00000304. The SMILES string of the molecule is CC(C)N1C(=O)N(C)C(=O)C12CC1CCC(C2)N1CC[C@H](NC(=O)C1CCC1)c1cccc(F)c1.Cl. The third-order valence-electron chi connectivity index (χ3n) is 8.81. The van der Waals surface area contributed by atoms with Gasteiger partial charge in [0, 0.05) is 37.6 Å². The minimum atomic E-state index is -0.747. The molecule has 3 heterocycles. The second kappa shape index (κ2) is 10.3. The molecule has 3 aliphatic heterocycles. The normalized spacial score (nSPS) is 29.0. The molecule has 1 aromatic rings. The Kier molecular flexibility index (Phi) is 7.68. The largest absolute Gasteiger partial charge is 0.349 e. The monoisotopic (exact) mass is 520 g/mol. The van der Waals surface area contributed by atoms with Crippen LogP contribution in [0.25, 0.3) is 0 Å². The molecule has 7 nitrogen and oxygen atoms in total. The Hall–Kier alpha value is -2.19. The summed E-state index contributed by atoms with van der Waals surface area (Å²) >= 11 is 0. The zero-order chi connectivity index (χ0) is 24.9. The smallest absolute Gasteiger partial charge is 0.327 e. The van der Waals surface area contributed by atoms with Gasteiger partial charge in [-0.2, -0.15) is 0 Å². The lowest BCUT2D eigenvalue weighted by Gasteiger charge is -2.48. The van der Waals surface area contributed by atoms with Gasteiger partial charge in [0.2, 0.25) is 5.91 Å². The number of hydrogen-bond acceptors (Lipinski definition) is 4. The number of nitrogens with zero attached hydrogens (tertiary/aromatic N) is 3. The molecule has 4 aliphatic rings. The van der Waals surface area contributed by atoms with Crippen LogP contribution in [0.15, 0.2) is 24.3 Å². The van der Waals surface area contributed by atoms with Gasteiger partial charge in [0.1, 0.15) is 11.4 Å². The van der Waals surface area contributed by atoms with Crippen LogP contribution in [0.5, 0.6) is 0 Å². The van der Waals surface area contributed by atoms with Crippen LogP contribution in [0.4, 0.5) is 9.18 Å². The number of amides is 4. The van der Waals surface area contributed by atoms with Crippen molar-refractivity contribution in [3.63, 3.8) is 0 Å². The number of likely N-dealkylation sites (N-methyl/N-ethyl adjacent to an activating group) is 1. The predicted octanol–water partition coefficient (Wildman–Crippen LogP) is 4.26. The van der Waals surface area contributed by atoms with E-state index in [2.05, 4.69) is 10.2 Å². The minimum absolute atomic E-state index is 0. The lowest BCUT2D eigenvalue weighted by atomic mass is 9.80. The van der Waals surface area contributed by atoms with Gasteiger partial charge in [-0.15, -0.1) is 12.4 Å². The number of piperidine rings is 1. The molecular weight excluding hydrogens is 483 g/mol. The molecule has 2 unspecified atom stereocenters. The summed E-state index contributed by atoms with van der Waals surface area (Å²) in [6, 6.07) is 6.48. The lowest BCUT2D eigenvalue weighted by Crippen LogP contribution is -2.61. The van der Waals surface area contributed by atoms with E-state index in [0.717, 1.165) is 44.2 Å². The van der Waals surface area contributed by atoms with Crippen molar-refractivity contribution in [2.75, 3.05) is 13.6 Å². The third kappa shape index (κ3) is 4.51. The molecule has 1 saturated carbocycles. The van der Waals surface area contributed by atoms with Crippen molar-refractivity contribution in [1.82, 2.24) is 20.0 Å².